The summed E-state index contributed by atoms with van der Waals surface area (Å²) in [5.74, 6) is -0.950. The van der Waals surface area contributed by atoms with Gasteiger partial charge >= 0.3 is 6.09 Å². The fourth-order valence-corrected chi connectivity index (χ4v) is 3.22. The van der Waals surface area contributed by atoms with Gasteiger partial charge in [-0.1, -0.05) is 29.8 Å². The van der Waals surface area contributed by atoms with E-state index >= 15 is 0 Å². The maximum atomic E-state index is 13.4. The molecular formula is C23H37N3O5S. The molecule has 0 saturated carbocycles. The molecular weight excluding hydrogens is 430 g/mol. The van der Waals surface area contributed by atoms with Gasteiger partial charge in [0.15, 0.2) is 0 Å². The van der Waals surface area contributed by atoms with Gasteiger partial charge in [-0.15, -0.1) is 0 Å². The Morgan fingerprint density at radius 3 is 2.09 bits per heavy atom. The molecule has 2 unspecified atom stereocenters. The molecule has 32 heavy (non-hydrogen) atoms. The molecule has 0 aliphatic carbocycles. The van der Waals surface area contributed by atoms with Crippen molar-refractivity contribution < 1.29 is 24.2 Å². The normalized spacial score (nSPS) is 13.7. The smallest absolute Gasteiger partial charge is 0.408 e. The highest BCUT2D eigenvalue weighted by atomic mass is 32.1. The van der Waals surface area contributed by atoms with Crippen LogP contribution in [0.2, 0.25) is 0 Å². The number of carbonyl (C=O) groups excluding carboxylic acids is 3. The number of rotatable bonds is 8. The van der Waals surface area contributed by atoms with Gasteiger partial charge in [-0.3, -0.25) is 9.59 Å². The lowest BCUT2D eigenvalue weighted by molar-refractivity contribution is -0.143. The molecule has 180 valence electrons. The van der Waals surface area contributed by atoms with Crippen molar-refractivity contribution in [2.45, 2.75) is 71.7 Å². The van der Waals surface area contributed by atoms with Crippen LogP contribution in [0.5, 0.6) is 0 Å². The third-order valence-electron chi connectivity index (χ3n) is 4.25. The second kappa shape index (κ2) is 11.6. The predicted octanol–water partition coefficient (Wildman–Crippen LogP) is 2.59. The number of carbonyl (C=O) groups is 3. The van der Waals surface area contributed by atoms with Gasteiger partial charge in [0.1, 0.15) is 17.7 Å². The van der Waals surface area contributed by atoms with Crippen LogP contribution in [0.3, 0.4) is 0 Å². The fourth-order valence-electron chi connectivity index (χ4n) is 2.97. The zero-order valence-electron chi connectivity index (χ0n) is 20.1. The number of nitrogens with zero attached hydrogens (tertiary/aromatic N) is 1. The Balaban J connectivity index is 3.32. The summed E-state index contributed by atoms with van der Waals surface area (Å²) < 4.78 is 5.25. The molecule has 9 heteroatoms. The zero-order valence-corrected chi connectivity index (χ0v) is 21.0. The van der Waals surface area contributed by atoms with E-state index in [2.05, 4.69) is 23.3 Å². The van der Waals surface area contributed by atoms with Crippen molar-refractivity contribution in [1.29, 1.82) is 0 Å². The summed E-state index contributed by atoms with van der Waals surface area (Å²) in [7, 11) is 0. The predicted molar refractivity (Wildman–Crippen MR) is 128 cm³/mol. The first-order chi connectivity index (χ1) is 14.7. The van der Waals surface area contributed by atoms with Crippen molar-refractivity contribution in [3.63, 3.8) is 0 Å². The van der Waals surface area contributed by atoms with Crippen LogP contribution in [0.15, 0.2) is 24.3 Å². The molecule has 1 aromatic rings. The highest BCUT2D eigenvalue weighted by Crippen LogP contribution is 2.24. The second-order valence-electron chi connectivity index (χ2n) is 9.69. The van der Waals surface area contributed by atoms with Crippen molar-refractivity contribution in [3.8, 4) is 0 Å². The van der Waals surface area contributed by atoms with Gasteiger partial charge in [-0.05, 0) is 54.0 Å². The number of thiol groups is 1. The molecule has 3 amide bonds. The van der Waals surface area contributed by atoms with E-state index < -0.39 is 41.1 Å². The topological polar surface area (TPSA) is 108 Å². The maximum absolute atomic E-state index is 13.4. The van der Waals surface area contributed by atoms with Crippen molar-refractivity contribution in [2.24, 2.45) is 0 Å². The number of benzene rings is 1. The first kappa shape index (κ1) is 27.8. The molecule has 0 fully saturated rings. The van der Waals surface area contributed by atoms with Gasteiger partial charge in [0.2, 0.25) is 11.8 Å². The number of hydrogen-bond donors (Lipinski definition) is 4. The number of ether oxygens (including phenoxy) is 1. The highest BCUT2D eigenvalue weighted by molar-refractivity contribution is 7.80. The second-order valence-corrected chi connectivity index (χ2v) is 10.1. The molecule has 0 heterocycles. The minimum Gasteiger partial charge on any atom is -0.444 e. The minimum absolute atomic E-state index is 0.0124. The molecule has 8 nitrogen and oxygen atoms in total. The standard InChI is InChI=1S/C23H37N3O5S/c1-15-8-10-16(11-9-15)18(19(28)25-22(2,3)4)26(12-13-27)20(29)17(14-32)24-21(30)31-23(5,6)7/h8-11,17-18,27,32H,12-14H2,1-7H3,(H,24,30)(H,25,28). The van der Waals surface area contributed by atoms with E-state index in [1.807, 2.05) is 39.8 Å². The van der Waals surface area contributed by atoms with Gasteiger partial charge in [0, 0.05) is 17.8 Å². The lowest BCUT2D eigenvalue weighted by Gasteiger charge is -2.35. The molecule has 3 N–H and O–H groups in total. The largest absolute Gasteiger partial charge is 0.444 e. The van der Waals surface area contributed by atoms with Crippen molar-refractivity contribution in [1.82, 2.24) is 15.5 Å². The van der Waals surface area contributed by atoms with E-state index in [9.17, 15) is 19.5 Å². The van der Waals surface area contributed by atoms with Crippen LogP contribution in [-0.2, 0) is 14.3 Å². The Labute approximate surface area is 196 Å². The Morgan fingerprint density at radius 1 is 1.09 bits per heavy atom. The van der Waals surface area contributed by atoms with Crippen LogP contribution in [0.25, 0.3) is 0 Å². The molecule has 0 saturated heterocycles. The van der Waals surface area contributed by atoms with Crippen LogP contribution in [-0.4, -0.2) is 64.0 Å². The lowest BCUT2D eigenvalue weighted by atomic mass is 10.00. The highest BCUT2D eigenvalue weighted by Gasteiger charge is 2.36. The molecule has 0 radical (unpaired) electrons. The Hall–Kier alpha value is -2.26. The van der Waals surface area contributed by atoms with E-state index in [0.717, 1.165) is 5.56 Å². The molecule has 0 bridgehead atoms. The Morgan fingerprint density at radius 2 is 1.66 bits per heavy atom. The number of aliphatic hydroxyl groups excluding tert-OH is 1. The van der Waals surface area contributed by atoms with E-state index in [4.69, 9.17) is 4.74 Å². The van der Waals surface area contributed by atoms with Crippen molar-refractivity contribution >= 4 is 30.5 Å². The van der Waals surface area contributed by atoms with Crippen LogP contribution in [0.4, 0.5) is 4.79 Å². The number of nitrogens with one attached hydrogen (secondary N) is 2. The number of aryl methyl sites for hydroxylation is 1. The number of amides is 3. The van der Waals surface area contributed by atoms with Gasteiger partial charge in [-0.2, -0.15) is 12.6 Å². The molecule has 0 spiro atoms. The van der Waals surface area contributed by atoms with Crippen molar-refractivity contribution in [3.05, 3.63) is 35.4 Å². The van der Waals surface area contributed by atoms with E-state index in [1.165, 1.54) is 4.90 Å². The third-order valence-corrected chi connectivity index (χ3v) is 4.61. The van der Waals surface area contributed by atoms with Crippen LogP contribution < -0.4 is 10.6 Å². The maximum Gasteiger partial charge on any atom is 0.408 e. The number of aliphatic hydroxyl groups is 1. The summed E-state index contributed by atoms with van der Waals surface area (Å²) in [5, 5.41) is 15.1. The van der Waals surface area contributed by atoms with Crippen LogP contribution in [0, 0.1) is 6.92 Å². The van der Waals surface area contributed by atoms with E-state index in [0.29, 0.717) is 5.56 Å². The fraction of sp³-hybridized carbons (Fsp3) is 0.609. The molecule has 2 atom stereocenters. The summed E-state index contributed by atoms with van der Waals surface area (Å²) in [5.41, 5.74) is 0.319. The third kappa shape index (κ3) is 9.08. The van der Waals surface area contributed by atoms with E-state index in [1.54, 1.807) is 32.9 Å². The molecule has 0 aromatic heterocycles. The van der Waals surface area contributed by atoms with Gasteiger partial charge in [0.05, 0.1) is 6.61 Å². The van der Waals surface area contributed by atoms with Gasteiger partial charge in [-0.25, -0.2) is 4.79 Å². The summed E-state index contributed by atoms with van der Waals surface area (Å²) in [6.45, 7) is 12.1. The monoisotopic (exact) mass is 467 g/mol. The molecule has 0 aliphatic rings. The first-order valence-electron chi connectivity index (χ1n) is 10.6. The van der Waals surface area contributed by atoms with Crippen molar-refractivity contribution in [2.75, 3.05) is 18.9 Å². The number of alkyl carbamates (subject to hydrolysis) is 1. The van der Waals surface area contributed by atoms with Crippen LogP contribution in [0.1, 0.15) is 58.7 Å². The Kier molecular flexibility index (Phi) is 10.0. The average molecular weight is 468 g/mol. The summed E-state index contributed by atoms with van der Waals surface area (Å²) in [6, 6.07) is 5.20. The summed E-state index contributed by atoms with van der Waals surface area (Å²) >= 11 is 4.21. The molecule has 1 rings (SSSR count). The van der Waals surface area contributed by atoms with Gasteiger partial charge in [0.25, 0.3) is 0 Å². The zero-order chi connectivity index (χ0) is 24.7. The summed E-state index contributed by atoms with van der Waals surface area (Å²) in [4.78, 5) is 40.2. The lowest BCUT2D eigenvalue weighted by Crippen LogP contribution is -2.55. The number of hydrogen-bond acceptors (Lipinski definition) is 6. The van der Waals surface area contributed by atoms with Crippen LogP contribution >= 0.6 is 12.6 Å². The SMILES string of the molecule is Cc1ccc(C(C(=O)NC(C)(C)C)N(CCO)C(=O)C(CS)NC(=O)OC(C)(C)C)cc1. The van der Waals surface area contributed by atoms with Gasteiger partial charge < -0.3 is 25.4 Å². The summed E-state index contributed by atoms with van der Waals surface area (Å²) in [6.07, 6.45) is -0.764. The Bertz CT molecular complexity index is 784. The van der Waals surface area contributed by atoms with E-state index in [-0.39, 0.29) is 18.9 Å². The minimum atomic E-state index is -1.05. The molecule has 1 aromatic carbocycles. The molecule has 0 aliphatic heterocycles. The quantitative estimate of drug-likeness (QED) is 0.440. The first-order valence-corrected chi connectivity index (χ1v) is 11.2. The average Bonchev–Trinajstić information content (AvgIpc) is 2.63.